The van der Waals surface area contributed by atoms with Crippen LogP contribution in [-0.2, 0) is 14.3 Å². The van der Waals surface area contributed by atoms with Crippen molar-refractivity contribution in [3.8, 4) is 17.6 Å². The van der Waals surface area contributed by atoms with Crippen molar-refractivity contribution >= 4 is 28.9 Å². The maximum Gasteiger partial charge on any atom is 0.513 e. The number of benzene rings is 3. The minimum absolute atomic E-state index is 0.110. The number of fused-ring (bicyclic) bond motifs is 1. The Labute approximate surface area is 195 Å². The second-order valence-electron chi connectivity index (χ2n) is 7.03. The van der Waals surface area contributed by atoms with Gasteiger partial charge < -0.3 is 18.9 Å². The molecular weight excluding hydrogens is 438 g/mol. The molecule has 0 atom stereocenters. The molecule has 0 saturated carbocycles. The van der Waals surface area contributed by atoms with Gasteiger partial charge in [-0.1, -0.05) is 18.7 Å². The second kappa shape index (κ2) is 11.8. The summed E-state index contributed by atoms with van der Waals surface area (Å²) in [5.41, 5.74) is 0.824. The molecule has 0 aromatic heterocycles. The molecule has 3 aromatic rings. The molecule has 0 heterocycles. The summed E-state index contributed by atoms with van der Waals surface area (Å²) >= 11 is 0. The zero-order chi connectivity index (χ0) is 24.3. The third-order valence-electron chi connectivity index (χ3n) is 4.61. The minimum atomic E-state index is -0.880. The highest BCUT2D eigenvalue weighted by atomic mass is 16.7. The topological polar surface area (TPSA) is 112 Å². The van der Waals surface area contributed by atoms with E-state index in [9.17, 15) is 14.4 Å². The average molecular weight is 459 g/mol. The smallest absolute Gasteiger partial charge is 0.463 e. The average Bonchev–Trinajstić information content (AvgIpc) is 2.85. The van der Waals surface area contributed by atoms with Gasteiger partial charge in [0, 0.05) is 6.08 Å². The van der Waals surface area contributed by atoms with Crippen molar-refractivity contribution in [2.24, 2.45) is 0 Å². The molecule has 0 aliphatic carbocycles. The number of carbonyl (C=O) groups excluding carboxylic acids is 3. The van der Waals surface area contributed by atoms with E-state index in [1.807, 2.05) is 0 Å². The molecular formula is C26H21NO7. The summed E-state index contributed by atoms with van der Waals surface area (Å²) in [5, 5.41) is 10.7. The van der Waals surface area contributed by atoms with Gasteiger partial charge >= 0.3 is 18.1 Å². The fraction of sp³-hybridized carbons (Fsp3) is 0.154. The molecule has 0 bridgehead atoms. The minimum Gasteiger partial charge on any atom is -0.463 e. The lowest BCUT2D eigenvalue weighted by Gasteiger charge is -2.08. The van der Waals surface area contributed by atoms with E-state index < -0.39 is 18.1 Å². The summed E-state index contributed by atoms with van der Waals surface area (Å²) in [7, 11) is 0. The summed E-state index contributed by atoms with van der Waals surface area (Å²) in [4.78, 5) is 35.1. The van der Waals surface area contributed by atoms with Gasteiger partial charge in [0.15, 0.2) is 0 Å². The number of rotatable bonds is 9. The standard InChI is InChI=1S/C26H21NO7/c1-2-24(28)31-13-3-4-14-32-26(30)34-22-10-7-19(8-11-22)25(29)33-23-12-9-20-15-18(17-27)5-6-21(20)16-23/h2,5-12,15-16H,1,3-4,13-14H2. The van der Waals surface area contributed by atoms with E-state index in [4.69, 9.17) is 24.2 Å². The van der Waals surface area contributed by atoms with Crippen LogP contribution >= 0.6 is 0 Å². The highest BCUT2D eigenvalue weighted by Crippen LogP contribution is 2.23. The van der Waals surface area contributed by atoms with E-state index in [1.165, 1.54) is 24.3 Å². The number of carbonyl (C=O) groups is 3. The Hall–Kier alpha value is -4.64. The van der Waals surface area contributed by atoms with Crippen LogP contribution in [0.25, 0.3) is 10.8 Å². The monoisotopic (exact) mass is 459 g/mol. The molecule has 0 aliphatic rings. The molecule has 0 saturated heterocycles. The highest BCUT2D eigenvalue weighted by molar-refractivity contribution is 5.92. The van der Waals surface area contributed by atoms with Crippen LogP contribution in [0.1, 0.15) is 28.8 Å². The lowest BCUT2D eigenvalue weighted by atomic mass is 10.1. The lowest BCUT2D eigenvalue weighted by Crippen LogP contribution is -2.12. The van der Waals surface area contributed by atoms with Gasteiger partial charge in [0.05, 0.1) is 30.4 Å². The molecule has 0 radical (unpaired) electrons. The number of esters is 2. The van der Waals surface area contributed by atoms with Crippen LogP contribution in [0.15, 0.2) is 73.3 Å². The van der Waals surface area contributed by atoms with Gasteiger partial charge in [0.1, 0.15) is 11.5 Å². The molecule has 0 spiro atoms. The number of hydrogen-bond donors (Lipinski definition) is 0. The first-order valence-corrected chi connectivity index (χ1v) is 10.4. The molecule has 34 heavy (non-hydrogen) atoms. The predicted molar refractivity (Wildman–Crippen MR) is 122 cm³/mol. The SMILES string of the molecule is C=CC(=O)OCCCCOC(=O)Oc1ccc(C(=O)Oc2ccc3cc(C#N)ccc3c2)cc1. The molecule has 0 fully saturated rings. The third-order valence-corrected chi connectivity index (χ3v) is 4.61. The van der Waals surface area contributed by atoms with Crippen molar-refractivity contribution in [2.45, 2.75) is 12.8 Å². The Morgan fingerprint density at radius 1 is 0.824 bits per heavy atom. The summed E-state index contributed by atoms with van der Waals surface area (Å²) in [5.74, 6) is -0.495. The number of nitriles is 1. The second-order valence-corrected chi connectivity index (χ2v) is 7.03. The van der Waals surface area contributed by atoms with E-state index in [2.05, 4.69) is 12.6 Å². The first-order chi connectivity index (χ1) is 16.5. The first-order valence-electron chi connectivity index (χ1n) is 10.4. The van der Waals surface area contributed by atoms with Crippen LogP contribution in [0, 0.1) is 11.3 Å². The van der Waals surface area contributed by atoms with Gasteiger partial charge in [0.2, 0.25) is 0 Å². The van der Waals surface area contributed by atoms with Crippen LogP contribution in [0.2, 0.25) is 0 Å². The van der Waals surface area contributed by atoms with Gasteiger partial charge in [-0.15, -0.1) is 0 Å². The zero-order valence-corrected chi connectivity index (χ0v) is 18.2. The number of ether oxygens (including phenoxy) is 4. The molecule has 3 aromatic carbocycles. The van der Waals surface area contributed by atoms with Crippen LogP contribution in [0.5, 0.6) is 11.5 Å². The predicted octanol–water partition coefficient (Wildman–Crippen LogP) is 4.96. The molecule has 3 rings (SSSR count). The molecule has 172 valence electrons. The van der Waals surface area contributed by atoms with E-state index >= 15 is 0 Å². The molecule has 0 amide bonds. The van der Waals surface area contributed by atoms with Gasteiger partial charge in [0.25, 0.3) is 0 Å². The van der Waals surface area contributed by atoms with Crippen molar-refractivity contribution in [1.29, 1.82) is 5.26 Å². The lowest BCUT2D eigenvalue weighted by molar-refractivity contribution is -0.137. The molecule has 8 heteroatoms. The first kappa shape index (κ1) is 24.0. The fourth-order valence-electron chi connectivity index (χ4n) is 2.90. The number of unbranched alkanes of at least 4 members (excludes halogenated alkanes) is 1. The van der Waals surface area contributed by atoms with Crippen LogP contribution in [0.3, 0.4) is 0 Å². The third kappa shape index (κ3) is 6.93. The maximum atomic E-state index is 12.4. The Morgan fingerprint density at radius 3 is 2.18 bits per heavy atom. The Bertz CT molecular complexity index is 1240. The van der Waals surface area contributed by atoms with Crippen molar-refractivity contribution in [3.63, 3.8) is 0 Å². The molecule has 8 nitrogen and oxygen atoms in total. The number of hydrogen-bond acceptors (Lipinski definition) is 8. The fourth-order valence-corrected chi connectivity index (χ4v) is 2.90. The van der Waals surface area contributed by atoms with E-state index in [0.29, 0.717) is 24.2 Å². The quantitative estimate of drug-likeness (QED) is 0.145. The van der Waals surface area contributed by atoms with Crippen LogP contribution in [-0.4, -0.2) is 31.3 Å². The summed E-state index contributed by atoms with van der Waals surface area (Å²) < 4.78 is 20.2. The molecule has 0 aliphatic heterocycles. The summed E-state index contributed by atoms with van der Waals surface area (Å²) in [6, 6.07) is 18.3. The van der Waals surface area contributed by atoms with Gasteiger partial charge in [-0.3, -0.25) is 0 Å². The summed E-state index contributed by atoms with van der Waals surface area (Å²) in [6.07, 6.45) is 1.23. The van der Waals surface area contributed by atoms with Crippen molar-refractivity contribution in [1.82, 2.24) is 0 Å². The van der Waals surface area contributed by atoms with Crippen LogP contribution in [0.4, 0.5) is 4.79 Å². The van der Waals surface area contributed by atoms with Crippen LogP contribution < -0.4 is 9.47 Å². The summed E-state index contributed by atoms with van der Waals surface area (Å²) in [6.45, 7) is 3.61. The maximum absolute atomic E-state index is 12.4. The normalized spacial score (nSPS) is 10.1. The Kier molecular flexibility index (Phi) is 8.36. The van der Waals surface area contributed by atoms with Gasteiger partial charge in [-0.2, -0.15) is 5.26 Å². The van der Waals surface area contributed by atoms with E-state index in [-0.39, 0.29) is 24.5 Å². The Balaban J connectivity index is 1.46. The van der Waals surface area contributed by atoms with Gasteiger partial charge in [-0.05, 0) is 72.1 Å². The van der Waals surface area contributed by atoms with Crippen molar-refractivity contribution in [3.05, 3.63) is 84.4 Å². The molecule has 0 unspecified atom stereocenters. The zero-order valence-electron chi connectivity index (χ0n) is 18.2. The molecule has 0 N–H and O–H groups in total. The number of nitrogens with zero attached hydrogens (tertiary/aromatic N) is 1. The van der Waals surface area contributed by atoms with E-state index in [0.717, 1.165) is 16.8 Å². The largest absolute Gasteiger partial charge is 0.513 e. The highest BCUT2D eigenvalue weighted by Gasteiger charge is 2.11. The van der Waals surface area contributed by atoms with Crippen molar-refractivity contribution in [2.75, 3.05) is 13.2 Å². The van der Waals surface area contributed by atoms with Crippen molar-refractivity contribution < 1.29 is 33.3 Å². The van der Waals surface area contributed by atoms with Gasteiger partial charge in [-0.25, -0.2) is 14.4 Å². The Morgan fingerprint density at radius 2 is 1.47 bits per heavy atom. The van der Waals surface area contributed by atoms with E-state index in [1.54, 1.807) is 36.4 Å².